The van der Waals surface area contributed by atoms with Crippen LogP contribution < -0.4 is 0 Å². The molecule has 0 heterocycles. The summed E-state index contributed by atoms with van der Waals surface area (Å²) >= 11 is 3.43. The molecular weight excluding hydrogens is 264 g/mol. The highest BCUT2D eigenvalue weighted by atomic mass is 79.9. The lowest BCUT2D eigenvalue weighted by Crippen LogP contribution is -2.09. The fraction of sp³-hybridized carbons (Fsp3) is 0.500. The van der Waals surface area contributed by atoms with E-state index in [1.54, 1.807) is 0 Å². The summed E-state index contributed by atoms with van der Waals surface area (Å²) in [5.41, 5.74) is 2.15. The van der Waals surface area contributed by atoms with Crippen LogP contribution >= 0.6 is 15.9 Å². The van der Waals surface area contributed by atoms with Gasteiger partial charge in [-0.25, -0.2) is 0 Å². The lowest BCUT2D eigenvalue weighted by atomic mass is 9.88. The smallest absolute Gasteiger partial charge is 0.164 e. The summed E-state index contributed by atoms with van der Waals surface area (Å²) in [7, 11) is 0. The number of halogens is 1. The maximum Gasteiger partial charge on any atom is 0.164 e. The van der Waals surface area contributed by atoms with Gasteiger partial charge in [-0.15, -0.1) is 0 Å². The number of hydrogen-bond acceptors (Lipinski definition) is 1. The molecule has 0 aromatic heterocycles. The van der Waals surface area contributed by atoms with Crippen LogP contribution in [0.4, 0.5) is 0 Å². The number of Topliss-reactive ketones (excluding diaryl/α,β-unsaturated/α-hetero) is 1. The minimum Gasteiger partial charge on any atom is -0.294 e. The van der Waals surface area contributed by atoms with E-state index in [0.29, 0.717) is 6.42 Å². The molecule has 1 aromatic rings. The van der Waals surface area contributed by atoms with Crippen LogP contribution in [0.5, 0.6) is 0 Å². The van der Waals surface area contributed by atoms with E-state index in [-0.39, 0.29) is 11.2 Å². The van der Waals surface area contributed by atoms with Crippen molar-refractivity contribution in [2.45, 2.75) is 40.5 Å². The summed E-state index contributed by atoms with van der Waals surface area (Å²) in [4.78, 5) is 12.0. The first-order valence-electron chi connectivity index (χ1n) is 5.59. The third kappa shape index (κ3) is 4.09. The van der Waals surface area contributed by atoms with Crippen molar-refractivity contribution in [2.75, 3.05) is 0 Å². The van der Waals surface area contributed by atoms with Crippen LogP contribution in [0.1, 0.15) is 49.5 Å². The van der Waals surface area contributed by atoms with E-state index < -0.39 is 0 Å². The minimum absolute atomic E-state index is 0.214. The molecule has 88 valence electrons. The normalized spacial score (nSPS) is 11.6. The first kappa shape index (κ1) is 13.4. The summed E-state index contributed by atoms with van der Waals surface area (Å²) in [6.45, 7) is 8.48. The van der Waals surface area contributed by atoms with Gasteiger partial charge in [0.15, 0.2) is 5.78 Å². The van der Waals surface area contributed by atoms with Gasteiger partial charge in [-0.3, -0.25) is 4.79 Å². The lowest BCUT2D eigenvalue weighted by molar-refractivity contribution is 0.0965. The van der Waals surface area contributed by atoms with Gasteiger partial charge in [-0.1, -0.05) is 48.3 Å². The van der Waals surface area contributed by atoms with E-state index >= 15 is 0 Å². The molecule has 0 radical (unpaired) electrons. The molecule has 16 heavy (non-hydrogen) atoms. The molecule has 1 nitrogen and oxygen atoms in total. The van der Waals surface area contributed by atoms with Crippen molar-refractivity contribution in [3.63, 3.8) is 0 Å². The predicted octanol–water partition coefficient (Wildman–Crippen LogP) is 4.77. The van der Waals surface area contributed by atoms with Gasteiger partial charge in [0.2, 0.25) is 0 Å². The highest BCUT2D eigenvalue weighted by Crippen LogP contribution is 2.25. The molecule has 0 bridgehead atoms. The number of carbonyl (C=O) groups excluding carboxylic acids is 1. The van der Waals surface area contributed by atoms with Crippen molar-refractivity contribution in [1.82, 2.24) is 0 Å². The number of rotatable bonds is 3. The Kier molecular flexibility index (Phi) is 4.31. The maximum absolute atomic E-state index is 12.0. The average Bonchev–Trinajstić information content (AvgIpc) is 2.17. The number of ketones is 1. The Hall–Kier alpha value is -0.630. The summed E-state index contributed by atoms with van der Waals surface area (Å²) < 4.78 is 0.900. The second kappa shape index (κ2) is 5.13. The van der Waals surface area contributed by atoms with E-state index in [1.807, 2.05) is 25.1 Å². The molecule has 0 saturated heterocycles. The second-order valence-corrected chi connectivity index (χ2v) is 6.32. The zero-order valence-corrected chi connectivity index (χ0v) is 12.0. The zero-order valence-electron chi connectivity index (χ0n) is 10.4. The Labute approximate surface area is 106 Å². The van der Waals surface area contributed by atoms with Crippen molar-refractivity contribution in [3.8, 4) is 0 Å². The molecule has 1 aromatic carbocycles. The summed E-state index contributed by atoms with van der Waals surface area (Å²) in [6, 6.07) is 5.90. The van der Waals surface area contributed by atoms with Gasteiger partial charge < -0.3 is 0 Å². The number of aryl methyl sites for hydroxylation is 1. The van der Waals surface area contributed by atoms with E-state index in [1.165, 1.54) is 0 Å². The molecule has 2 heteroatoms. The van der Waals surface area contributed by atoms with Crippen LogP contribution in [0.3, 0.4) is 0 Å². The van der Waals surface area contributed by atoms with Crippen molar-refractivity contribution in [1.29, 1.82) is 0 Å². The van der Waals surface area contributed by atoms with Crippen LogP contribution in [-0.4, -0.2) is 5.78 Å². The van der Waals surface area contributed by atoms with Gasteiger partial charge in [-0.2, -0.15) is 0 Å². The van der Waals surface area contributed by atoms with Crippen molar-refractivity contribution >= 4 is 21.7 Å². The highest BCUT2D eigenvalue weighted by Gasteiger charge is 2.15. The molecule has 0 N–H and O–H groups in total. The Morgan fingerprint density at radius 3 is 2.50 bits per heavy atom. The van der Waals surface area contributed by atoms with Gasteiger partial charge in [0, 0.05) is 16.5 Å². The van der Waals surface area contributed by atoms with E-state index in [9.17, 15) is 4.79 Å². The molecule has 0 fully saturated rings. The molecule has 0 aliphatic carbocycles. The molecule has 0 amide bonds. The van der Waals surface area contributed by atoms with Crippen molar-refractivity contribution < 1.29 is 4.79 Å². The third-order valence-corrected chi connectivity index (χ3v) is 3.22. The van der Waals surface area contributed by atoms with E-state index in [2.05, 4.69) is 36.7 Å². The van der Waals surface area contributed by atoms with Gasteiger partial charge >= 0.3 is 0 Å². The molecular formula is C14H19BrO. The molecule has 0 spiro atoms. The molecule has 0 aliphatic rings. The zero-order chi connectivity index (χ0) is 12.3. The SMILES string of the molecule is Cc1ccc(Br)c(C(=O)CCC(C)(C)C)c1. The molecule has 0 unspecified atom stereocenters. The largest absolute Gasteiger partial charge is 0.294 e. The topological polar surface area (TPSA) is 17.1 Å². The summed E-state index contributed by atoms with van der Waals surface area (Å²) in [5.74, 6) is 0.227. The lowest BCUT2D eigenvalue weighted by Gasteiger charge is -2.17. The van der Waals surface area contributed by atoms with Crippen LogP contribution in [0.2, 0.25) is 0 Å². The number of carbonyl (C=O) groups is 1. The first-order chi connectivity index (χ1) is 7.29. The average molecular weight is 283 g/mol. The molecule has 0 aliphatic heterocycles. The van der Waals surface area contributed by atoms with Crippen LogP contribution in [0, 0.1) is 12.3 Å². The van der Waals surface area contributed by atoms with Crippen LogP contribution in [0.15, 0.2) is 22.7 Å². The Bertz CT molecular complexity index is 388. The van der Waals surface area contributed by atoms with Gasteiger partial charge in [0.05, 0.1) is 0 Å². The number of benzene rings is 1. The van der Waals surface area contributed by atoms with Crippen LogP contribution in [0.25, 0.3) is 0 Å². The van der Waals surface area contributed by atoms with E-state index in [4.69, 9.17) is 0 Å². The molecule has 0 atom stereocenters. The summed E-state index contributed by atoms with van der Waals surface area (Å²) in [6.07, 6.45) is 1.54. The number of hydrogen-bond donors (Lipinski definition) is 0. The fourth-order valence-corrected chi connectivity index (χ4v) is 1.94. The predicted molar refractivity (Wildman–Crippen MR) is 71.9 cm³/mol. The van der Waals surface area contributed by atoms with Crippen molar-refractivity contribution in [2.24, 2.45) is 5.41 Å². The van der Waals surface area contributed by atoms with Gasteiger partial charge in [0.1, 0.15) is 0 Å². The summed E-state index contributed by atoms with van der Waals surface area (Å²) in [5, 5.41) is 0. The van der Waals surface area contributed by atoms with Crippen LogP contribution in [-0.2, 0) is 0 Å². The Balaban J connectivity index is 2.77. The second-order valence-electron chi connectivity index (χ2n) is 5.47. The molecule has 0 saturated carbocycles. The Morgan fingerprint density at radius 2 is 1.94 bits per heavy atom. The van der Waals surface area contributed by atoms with Gasteiger partial charge in [0.25, 0.3) is 0 Å². The minimum atomic E-state index is 0.214. The van der Waals surface area contributed by atoms with Gasteiger partial charge in [-0.05, 0) is 30.9 Å². The standard InChI is InChI=1S/C14H19BrO/c1-10-5-6-12(15)11(9-10)13(16)7-8-14(2,3)4/h5-6,9H,7-8H2,1-4H3. The van der Waals surface area contributed by atoms with E-state index in [0.717, 1.165) is 22.0 Å². The fourth-order valence-electron chi connectivity index (χ4n) is 1.48. The molecule has 1 rings (SSSR count). The Morgan fingerprint density at radius 1 is 1.31 bits per heavy atom. The highest BCUT2D eigenvalue weighted by molar-refractivity contribution is 9.10. The van der Waals surface area contributed by atoms with Crippen molar-refractivity contribution in [3.05, 3.63) is 33.8 Å². The quantitative estimate of drug-likeness (QED) is 0.730. The third-order valence-electron chi connectivity index (χ3n) is 2.52. The monoisotopic (exact) mass is 282 g/mol. The maximum atomic E-state index is 12.0. The first-order valence-corrected chi connectivity index (χ1v) is 6.38.